The van der Waals surface area contributed by atoms with Crippen molar-refractivity contribution in [3.8, 4) is 6.07 Å². The predicted octanol–water partition coefficient (Wildman–Crippen LogP) is 0.345. The molecule has 0 saturated heterocycles. The normalized spacial score (nSPS) is 10.3. The molecule has 15 heavy (non-hydrogen) atoms. The molecule has 0 aromatic rings. The molecule has 0 aliphatic heterocycles. The van der Waals surface area contributed by atoms with E-state index in [1.807, 2.05) is 0 Å². The second-order valence-electron chi connectivity index (χ2n) is 2.70. The molecule has 0 unspecified atom stereocenters. The first-order chi connectivity index (χ1) is 7.10. The number of rotatable bonds is 5. The van der Waals surface area contributed by atoms with Gasteiger partial charge in [-0.15, -0.1) is 0 Å². The van der Waals surface area contributed by atoms with Crippen molar-refractivity contribution < 1.29 is 14.3 Å². The zero-order chi connectivity index (χ0) is 11.7. The Kier molecular flexibility index (Phi) is 6.55. The van der Waals surface area contributed by atoms with E-state index in [-0.39, 0.29) is 12.8 Å². The van der Waals surface area contributed by atoms with Crippen LogP contribution in [0, 0.1) is 11.3 Å². The summed E-state index contributed by atoms with van der Waals surface area (Å²) in [4.78, 5) is 21.8. The van der Waals surface area contributed by atoms with E-state index < -0.39 is 11.9 Å². The molecule has 0 spiro atoms. The Balaban J connectivity index is 3.94. The van der Waals surface area contributed by atoms with E-state index in [1.54, 1.807) is 19.9 Å². The van der Waals surface area contributed by atoms with Crippen molar-refractivity contribution in [1.82, 2.24) is 5.43 Å². The Morgan fingerprint density at radius 3 is 2.73 bits per heavy atom. The highest BCUT2D eigenvalue weighted by atomic mass is 16.5. The molecule has 6 heteroatoms. The van der Waals surface area contributed by atoms with E-state index in [1.165, 1.54) is 0 Å². The smallest absolute Gasteiger partial charge is 0.311 e. The molecule has 0 aromatic heterocycles. The van der Waals surface area contributed by atoms with E-state index in [0.717, 1.165) is 0 Å². The number of hydrogen-bond donors (Lipinski definition) is 1. The van der Waals surface area contributed by atoms with Crippen LogP contribution >= 0.6 is 0 Å². The van der Waals surface area contributed by atoms with Crippen LogP contribution < -0.4 is 5.43 Å². The molecule has 0 bridgehead atoms. The van der Waals surface area contributed by atoms with Crippen LogP contribution in [0.25, 0.3) is 0 Å². The van der Waals surface area contributed by atoms with Crippen molar-refractivity contribution in [3.63, 3.8) is 0 Å². The zero-order valence-electron chi connectivity index (χ0n) is 8.74. The lowest BCUT2D eigenvalue weighted by molar-refractivity contribution is -0.141. The topological polar surface area (TPSA) is 91.5 Å². The fraction of sp³-hybridized carbons (Fsp3) is 0.556. The van der Waals surface area contributed by atoms with Crippen LogP contribution in [0.3, 0.4) is 0 Å². The van der Waals surface area contributed by atoms with Gasteiger partial charge in [-0.25, -0.2) is 5.43 Å². The number of hydrazone groups is 1. The van der Waals surface area contributed by atoms with Gasteiger partial charge in [-0.05, 0) is 13.8 Å². The molecule has 0 fully saturated rings. The maximum atomic E-state index is 11.0. The number of nitrogens with one attached hydrogen (secondary N) is 1. The minimum Gasteiger partial charge on any atom is -0.466 e. The third-order valence-electron chi connectivity index (χ3n) is 1.32. The lowest BCUT2D eigenvalue weighted by Crippen LogP contribution is -2.19. The van der Waals surface area contributed by atoms with Crippen molar-refractivity contribution >= 4 is 17.6 Å². The van der Waals surface area contributed by atoms with Crippen LogP contribution in [0.1, 0.15) is 26.7 Å². The number of esters is 1. The molecule has 0 aliphatic carbocycles. The maximum absolute atomic E-state index is 11.0. The SMILES string of the molecule is CCOC(=O)C/C(C)=N\NC(=O)CC#N. The highest BCUT2D eigenvalue weighted by Gasteiger charge is 2.04. The standard InChI is InChI=1S/C9H13N3O3/c1-3-15-9(14)6-7(2)11-12-8(13)4-5-10/h3-4,6H2,1-2H3,(H,12,13)/b11-7-. The summed E-state index contributed by atoms with van der Waals surface area (Å²) in [7, 11) is 0. The lowest BCUT2D eigenvalue weighted by Gasteiger charge is -2.01. The van der Waals surface area contributed by atoms with Crippen LogP contribution in [-0.2, 0) is 14.3 Å². The van der Waals surface area contributed by atoms with Crippen LogP contribution in [-0.4, -0.2) is 24.2 Å². The highest BCUT2D eigenvalue weighted by molar-refractivity contribution is 5.98. The summed E-state index contributed by atoms with van der Waals surface area (Å²) in [5.41, 5.74) is 2.58. The van der Waals surface area contributed by atoms with Crippen molar-refractivity contribution in [1.29, 1.82) is 5.26 Å². The molecule has 0 aromatic carbocycles. The van der Waals surface area contributed by atoms with Gasteiger partial charge in [0.25, 0.3) is 5.91 Å². The van der Waals surface area contributed by atoms with Crippen molar-refractivity contribution in [2.24, 2.45) is 5.10 Å². The highest BCUT2D eigenvalue weighted by Crippen LogP contribution is 1.90. The summed E-state index contributed by atoms with van der Waals surface area (Å²) >= 11 is 0. The summed E-state index contributed by atoms with van der Waals surface area (Å²) in [5.74, 6) is -0.894. The number of carbonyl (C=O) groups is 2. The molecule has 82 valence electrons. The molecule has 0 heterocycles. The van der Waals surface area contributed by atoms with Gasteiger partial charge in [-0.1, -0.05) is 0 Å². The second kappa shape index (κ2) is 7.50. The minimum atomic E-state index is -0.499. The predicted molar refractivity (Wildman–Crippen MR) is 52.7 cm³/mol. The monoisotopic (exact) mass is 211 g/mol. The number of nitrogens with zero attached hydrogens (tertiary/aromatic N) is 2. The lowest BCUT2D eigenvalue weighted by atomic mass is 10.3. The number of carbonyl (C=O) groups excluding carboxylic acids is 2. The van der Waals surface area contributed by atoms with Gasteiger partial charge in [-0.3, -0.25) is 9.59 Å². The third-order valence-corrected chi connectivity index (χ3v) is 1.32. The number of hydrogen-bond acceptors (Lipinski definition) is 5. The van der Waals surface area contributed by atoms with Gasteiger partial charge in [0.2, 0.25) is 0 Å². The number of nitriles is 1. The molecule has 0 saturated carbocycles. The average molecular weight is 211 g/mol. The molecule has 0 radical (unpaired) electrons. The van der Waals surface area contributed by atoms with Gasteiger partial charge in [0.15, 0.2) is 0 Å². The van der Waals surface area contributed by atoms with Crippen molar-refractivity contribution in [2.45, 2.75) is 26.7 Å². The van der Waals surface area contributed by atoms with Gasteiger partial charge in [0.1, 0.15) is 6.42 Å². The molecular formula is C9H13N3O3. The fourth-order valence-electron chi connectivity index (χ4n) is 0.730. The molecule has 1 N–H and O–H groups in total. The van der Waals surface area contributed by atoms with Gasteiger partial charge >= 0.3 is 5.97 Å². The van der Waals surface area contributed by atoms with Crippen LogP contribution in [0.15, 0.2) is 5.10 Å². The van der Waals surface area contributed by atoms with Gasteiger partial charge in [0.05, 0.1) is 19.1 Å². The average Bonchev–Trinajstić information content (AvgIpc) is 2.15. The molecule has 0 rings (SSSR count). The number of ether oxygens (including phenoxy) is 1. The Hall–Kier alpha value is -1.90. The molecule has 0 aliphatic rings. The van der Waals surface area contributed by atoms with Gasteiger partial charge in [0, 0.05) is 5.71 Å². The van der Waals surface area contributed by atoms with Crippen LogP contribution in [0.2, 0.25) is 0 Å². The van der Waals surface area contributed by atoms with Gasteiger partial charge in [-0.2, -0.15) is 10.4 Å². The molecule has 0 atom stereocenters. The first-order valence-corrected chi connectivity index (χ1v) is 4.44. The Labute approximate surface area is 87.9 Å². The molecular weight excluding hydrogens is 198 g/mol. The van der Waals surface area contributed by atoms with E-state index in [0.29, 0.717) is 12.3 Å². The summed E-state index contributed by atoms with van der Waals surface area (Å²) < 4.78 is 4.68. The van der Waals surface area contributed by atoms with Gasteiger partial charge < -0.3 is 4.74 Å². The largest absolute Gasteiger partial charge is 0.466 e. The van der Waals surface area contributed by atoms with E-state index in [9.17, 15) is 9.59 Å². The Morgan fingerprint density at radius 1 is 1.53 bits per heavy atom. The summed E-state index contributed by atoms with van der Waals surface area (Å²) in [5, 5.41) is 11.8. The van der Waals surface area contributed by atoms with Crippen LogP contribution in [0.4, 0.5) is 0 Å². The van der Waals surface area contributed by atoms with Crippen molar-refractivity contribution in [2.75, 3.05) is 6.61 Å². The molecule has 6 nitrogen and oxygen atoms in total. The quantitative estimate of drug-likeness (QED) is 0.403. The fourth-order valence-corrected chi connectivity index (χ4v) is 0.730. The van der Waals surface area contributed by atoms with Crippen LogP contribution in [0.5, 0.6) is 0 Å². The second-order valence-corrected chi connectivity index (χ2v) is 2.70. The maximum Gasteiger partial charge on any atom is 0.311 e. The summed E-state index contributed by atoms with van der Waals surface area (Å²) in [6, 6.07) is 1.68. The Bertz CT molecular complexity index is 304. The minimum absolute atomic E-state index is 0.0284. The third kappa shape index (κ3) is 7.19. The first kappa shape index (κ1) is 13.1. The van der Waals surface area contributed by atoms with Crippen molar-refractivity contribution in [3.05, 3.63) is 0 Å². The van der Waals surface area contributed by atoms with E-state index in [2.05, 4.69) is 15.3 Å². The number of amides is 1. The zero-order valence-corrected chi connectivity index (χ0v) is 8.74. The summed E-state index contributed by atoms with van der Waals surface area (Å²) in [6.07, 6.45) is -0.225. The Morgan fingerprint density at radius 2 is 2.20 bits per heavy atom. The van der Waals surface area contributed by atoms with E-state index in [4.69, 9.17) is 5.26 Å². The summed E-state index contributed by atoms with van der Waals surface area (Å²) in [6.45, 7) is 3.61. The van der Waals surface area contributed by atoms with E-state index >= 15 is 0 Å². The molecule has 1 amide bonds. The first-order valence-electron chi connectivity index (χ1n) is 4.44.